The highest BCUT2D eigenvalue weighted by Gasteiger charge is 2.20. The number of hydrogen-bond donors (Lipinski definition) is 3. The number of rotatable bonds is 10. The molecular weight excluding hydrogens is 390 g/mol. The van der Waals surface area contributed by atoms with Crippen molar-refractivity contribution in [3.05, 3.63) is 58.8 Å². The van der Waals surface area contributed by atoms with Crippen molar-refractivity contribution in [3.8, 4) is 5.75 Å². The summed E-state index contributed by atoms with van der Waals surface area (Å²) in [5.41, 5.74) is 0.243. The van der Waals surface area contributed by atoms with Crippen LogP contribution < -0.4 is 10.6 Å². The number of carbonyl (C=O) groups excluding carboxylic acids is 3. The lowest BCUT2D eigenvalue weighted by Crippen LogP contribution is -2.31. The van der Waals surface area contributed by atoms with Crippen LogP contribution in [0.2, 0.25) is 0 Å². The lowest BCUT2D eigenvalue weighted by atomic mass is 10.1. The lowest BCUT2D eigenvalue weighted by molar-refractivity contribution is -0.114. The van der Waals surface area contributed by atoms with Crippen molar-refractivity contribution in [2.75, 3.05) is 25.7 Å². The molecular formula is C21H27N3O4S. The molecule has 0 spiro atoms. The zero-order valence-corrected chi connectivity index (χ0v) is 18.1. The van der Waals surface area contributed by atoms with Crippen molar-refractivity contribution in [2.24, 2.45) is 0 Å². The number of aldehydes is 1. The fourth-order valence-corrected chi connectivity index (χ4v) is 3.16. The number of Topliss-reactive ketones (excluding diaryl/α,β-unsaturated/α-hetero) is 1. The third-order valence-corrected chi connectivity index (χ3v) is 4.95. The largest absolute Gasteiger partial charge is 0.505 e. The average molecular weight is 418 g/mol. The monoisotopic (exact) mass is 417 g/mol. The van der Waals surface area contributed by atoms with E-state index in [1.165, 1.54) is 35.7 Å². The van der Waals surface area contributed by atoms with Gasteiger partial charge in [0.25, 0.3) is 5.91 Å². The Morgan fingerprint density at radius 1 is 1.31 bits per heavy atom. The van der Waals surface area contributed by atoms with Crippen molar-refractivity contribution in [1.82, 2.24) is 10.2 Å². The molecule has 1 atom stereocenters. The molecule has 0 radical (unpaired) electrons. The van der Waals surface area contributed by atoms with Gasteiger partial charge in [-0.2, -0.15) is 0 Å². The Hall–Kier alpha value is -3.00. The summed E-state index contributed by atoms with van der Waals surface area (Å²) in [7, 11) is 3.14. The Labute approximate surface area is 175 Å². The summed E-state index contributed by atoms with van der Waals surface area (Å²) < 4.78 is 0. The molecule has 3 N–H and O–H groups in total. The van der Waals surface area contributed by atoms with Crippen molar-refractivity contribution < 1.29 is 19.5 Å². The van der Waals surface area contributed by atoms with Gasteiger partial charge in [0.2, 0.25) is 0 Å². The van der Waals surface area contributed by atoms with E-state index in [2.05, 4.69) is 17.2 Å². The summed E-state index contributed by atoms with van der Waals surface area (Å²) in [5.74, 6) is -1.10. The van der Waals surface area contributed by atoms with E-state index in [0.717, 1.165) is 4.91 Å². The van der Waals surface area contributed by atoms with Gasteiger partial charge in [-0.3, -0.25) is 14.4 Å². The van der Waals surface area contributed by atoms with E-state index >= 15 is 0 Å². The molecule has 0 saturated carbocycles. The normalized spacial score (nSPS) is 13.1. The number of allylic oxidation sites excluding steroid dienone is 4. The lowest BCUT2D eigenvalue weighted by Gasteiger charge is -2.20. The van der Waals surface area contributed by atoms with Gasteiger partial charge in [-0.25, -0.2) is 0 Å². The van der Waals surface area contributed by atoms with Crippen molar-refractivity contribution in [1.29, 1.82) is 0 Å². The number of phenolic OH excluding ortho intramolecular Hbond substituents is 1. The topological polar surface area (TPSA) is 98.7 Å². The predicted octanol–water partition coefficient (Wildman–Crippen LogP) is 2.92. The van der Waals surface area contributed by atoms with Gasteiger partial charge in [-0.1, -0.05) is 24.8 Å². The number of carbonyl (C=O) groups is 3. The third kappa shape index (κ3) is 6.25. The number of amides is 1. The van der Waals surface area contributed by atoms with Gasteiger partial charge in [0.05, 0.1) is 17.3 Å². The highest BCUT2D eigenvalue weighted by Crippen LogP contribution is 2.30. The number of ketones is 1. The number of aromatic hydroxyl groups is 1. The summed E-state index contributed by atoms with van der Waals surface area (Å²) in [4.78, 5) is 38.4. The number of hydrogen-bond acceptors (Lipinski definition) is 7. The minimum Gasteiger partial charge on any atom is -0.505 e. The van der Waals surface area contributed by atoms with Crippen LogP contribution in [0.1, 0.15) is 24.2 Å². The molecule has 0 aliphatic carbocycles. The SMILES string of the molecule is C=C/C=C(\SC)[C@@H](C)N/C(C=O)=C(\Nc1cccc(C(=O)N(C)C)c1O)C(C)=O. The summed E-state index contributed by atoms with van der Waals surface area (Å²) in [6.07, 6.45) is 5.89. The van der Waals surface area contributed by atoms with Gasteiger partial charge in [0.15, 0.2) is 17.8 Å². The quantitative estimate of drug-likeness (QED) is 0.233. The summed E-state index contributed by atoms with van der Waals surface area (Å²) in [6.45, 7) is 6.82. The number of nitrogens with zero attached hydrogens (tertiary/aromatic N) is 1. The fraction of sp³-hybridized carbons (Fsp3) is 0.286. The van der Waals surface area contributed by atoms with E-state index in [4.69, 9.17) is 0 Å². The molecule has 1 aromatic carbocycles. The van der Waals surface area contributed by atoms with Gasteiger partial charge in [-0.15, -0.1) is 11.8 Å². The zero-order chi connectivity index (χ0) is 22.1. The summed E-state index contributed by atoms with van der Waals surface area (Å²) >= 11 is 1.49. The first-order valence-electron chi connectivity index (χ1n) is 8.82. The molecule has 29 heavy (non-hydrogen) atoms. The van der Waals surface area contributed by atoms with Crippen molar-refractivity contribution >= 4 is 35.4 Å². The first-order valence-corrected chi connectivity index (χ1v) is 10.0. The molecule has 0 aromatic heterocycles. The Kier molecular flexibility index (Phi) is 9.21. The van der Waals surface area contributed by atoms with Crippen LogP contribution in [-0.4, -0.2) is 54.4 Å². The maximum Gasteiger partial charge on any atom is 0.257 e. The third-order valence-electron chi connectivity index (χ3n) is 3.99. The minimum absolute atomic E-state index is 0.0179. The molecule has 0 saturated heterocycles. The van der Waals surface area contributed by atoms with E-state index in [1.807, 2.05) is 19.3 Å². The van der Waals surface area contributed by atoms with E-state index in [1.54, 1.807) is 26.2 Å². The molecule has 8 heteroatoms. The Bertz CT molecular complexity index is 859. The van der Waals surface area contributed by atoms with Crippen LogP contribution in [0.4, 0.5) is 5.69 Å². The number of thioether (sulfide) groups is 1. The molecule has 0 unspecified atom stereocenters. The van der Waals surface area contributed by atoms with Gasteiger partial charge in [-0.05, 0) is 25.3 Å². The number of phenols is 1. The molecule has 0 aliphatic heterocycles. The first kappa shape index (κ1) is 24.0. The Balaban J connectivity index is 3.35. The fourth-order valence-electron chi connectivity index (χ4n) is 2.51. The molecule has 1 rings (SSSR count). The molecule has 1 amide bonds. The molecule has 0 aliphatic rings. The molecule has 156 valence electrons. The maximum atomic E-state index is 12.2. The minimum atomic E-state index is -0.408. The second-order valence-electron chi connectivity index (χ2n) is 6.36. The van der Waals surface area contributed by atoms with Crippen LogP contribution in [0.15, 0.2) is 53.2 Å². The Morgan fingerprint density at radius 2 is 1.97 bits per heavy atom. The second kappa shape index (κ2) is 11.1. The number of nitrogens with one attached hydrogen (secondary N) is 2. The highest BCUT2D eigenvalue weighted by atomic mass is 32.2. The number of para-hydroxylation sites is 1. The van der Waals surface area contributed by atoms with Crippen molar-refractivity contribution in [2.45, 2.75) is 19.9 Å². The van der Waals surface area contributed by atoms with Crippen LogP contribution in [0.25, 0.3) is 0 Å². The number of benzene rings is 1. The van der Waals surface area contributed by atoms with Gasteiger partial charge < -0.3 is 20.6 Å². The van der Waals surface area contributed by atoms with Crippen LogP contribution in [0, 0.1) is 0 Å². The smallest absolute Gasteiger partial charge is 0.257 e. The molecule has 7 nitrogen and oxygen atoms in total. The number of anilines is 1. The first-order chi connectivity index (χ1) is 13.7. The summed E-state index contributed by atoms with van der Waals surface area (Å²) in [5, 5.41) is 16.3. The Morgan fingerprint density at radius 3 is 2.45 bits per heavy atom. The van der Waals surface area contributed by atoms with Gasteiger partial charge in [0, 0.05) is 25.9 Å². The maximum absolute atomic E-state index is 12.2. The molecule has 1 aromatic rings. The van der Waals surface area contributed by atoms with Gasteiger partial charge in [0.1, 0.15) is 11.4 Å². The summed E-state index contributed by atoms with van der Waals surface area (Å²) in [6, 6.07) is 4.31. The predicted molar refractivity (Wildman–Crippen MR) is 118 cm³/mol. The van der Waals surface area contributed by atoms with Crippen LogP contribution in [0.5, 0.6) is 5.75 Å². The standard InChI is InChI=1S/C21H27N3O4S/c1-7-9-18(29-6)13(2)22-17(12-25)19(14(3)26)23-16-11-8-10-15(20(16)27)21(28)24(4)5/h7-13,22-23,27H,1H2,2-6H3/b18-9-,19-17-/t13-/m1/s1. The van der Waals surface area contributed by atoms with Crippen LogP contribution >= 0.6 is 11.8 Å². The highest BCUT2D eigenvalue weighted by molar-refractivity contribution is 8.02. The van der Waals surface area contributed by atoms with Crippen molar-refractivity contribution in [3.63, 3.8) is 0 Å². The molecule has 0 heterocycles. The van der Waals surface area contributed by atoms with E-state index in [0.29, 0.717) is 6.29 Å². The van der Waals surface area contributed by atoms with E-state index < -0.39 is 5.78 Å². The van der Waals surface area contributed by atoms with E-state index in [-0.39, 0.29) is 40.3 Å². The van der Waals surface area contributed by atoms with Crippen LogP contribution in [0.3, 0.4) is 0 Å². The average Bonchev–Trinajstić information content (AvgIpc) is 2.68. The second-order valence-corrected chi connectivity index (χ2v) is 7.24. The van der Waals surface area contributed by atoms with Gasteiger partial charge >= 0.3 is 0 Å². The molecule has 0 bridgehead atoms. The zero-order valence-electron chi connectivity index (χ0n) is 17.3. The van der Waals surface area contributed by atoms with Crippen LogP contribution in [-0.2, 0) is 9.59 Å². The van der Waals surface area contributed by atoms with E-state index in [9.17, 15) is 19.5 Å². The molecule has 0 fully saturated rings.